The third-order valence-corrected chi connectivity index (χ3v) is 5.89. The number of rotatable bonds is 7. The van der Waals surface area contributed by atoms with Crippen molar-refractivity contribution in [2.75, 3.05) is 20.8 Å². The summed E-state index contributed by atoms with van der Waals surface area (Å²) >= 11 is 0. The van der Waals surface area contributed by atoms with Gasteiger partial charge in [0.25, 0.3) is 0 Å². The molecule has 1 heterocycles. The number of carbonyl (C=O) groups excluding carboxylic acids is 1. The number of fused-ring (bicyclic) bond motifs is 2. The van der Waals surface area contributed by atoms with Gasteiger partial charge in [-0.2, -0.15) is 0 Å². The number of benzene rings is 3. The summed E-state index contributed by atoms with van der Waals surface area (Å²) in [5, 5.41) is 6.27. The van der Waals surface area contributed by atoms with Crippen LogP contribution in [-0.4, -0.2) is 32.8 Å². The number of carbonyl (C=O) groups is 1. The highest BCUT2D eigenvalue weighted by Crippen LogP contribution is 2.41. The first-order valence-electron chi connectivity index (χ1n) is 11.0. The Kier molecular flexibility index (Phi) is 6.52. The largest absolute Gasteiger partial charge is 0.496 e. The molecule has 5 nitrogen and oxygen atoms in total. The van der Waals surface area contributed by atoms with Gasteiger partial charge < -0.3 is 19.2 Å². The Morgan fingerprint density at radius 3 is 2.61 bits per heavy atom. The molecule has 0 spiro atoms. The van der Waals surface area contributed by atoms with Gasteiger partial charge in [-0.15, -0.1) is 0 Å². The van der Waals surface area contributed by atoms with Gasteiger partial charge in [-0.3, -0.25) is 4.79 Å². The van der Waals surface area contributed by atoms with Crippen LogP contribution in [-0.2, 0) is 9.53 Å². The average Bonchev–Trinajstić information content (AvgIpc) is 3.23. The van der Waals surface area contributed by atoms with E-state index in [0.717, 1.165) is 38.8 Å². The van der Waals surface area contributed by atoms with Crippen LogP contribution >= 0.6 is 0 Å². The first-order valence-corrected chi connectivity index (χ1v) is 11.0. The second-order valence-corrected chi connectivity index (χ2v) is 8.36. The number of hydrogen-bond acceptors (Lipinski definition) is 4. The maximum Gasteiger partial charge on any atom is 0.244 e. The molecule has 3 aromatic carbocycles. The van der Waals surface area contributed by atoms with Gasteiger partial charge in [-0.1, -0.05) is 36.4 Å². The van der Waals surface area contributed by atoms with Crippen molar-refractivity contribution in [2.24, 2.45) is 0 Å². The third kappa shape index (κ3) is 4.50. The van der Waals surface area contributed by atoms with Gasteiger partial charge in [-0.25, -0.2) is 0 Å². The summed E-state index contributed by atoms with van der Waals surface area (Å²) in [6.07, 6.45) is 3.40. The first-order chi connectivity index (χ1) is 15.9. The van der Waals surface area contributed by atoms with Crippen LogP contribution in [0, 0.1) is 6.92 Å². The molecule has 1 amide bonds. The molecule has 0 saturated carbocycles. The number of hydrogen-bond donors (Lipinski definition) is 1. The molecule has 0 saturated heterocycles. The van der Waals surface area contributed by atoms with Crippen molar-refractivity contribution in [2.45, 2.75) is 26.8 Å². The summed E-state index contributed by atoms with van der Waals surface area (Å²) in [4.78, 5) is 12.5. The predicted molar refractivity (Wildman–Crippen MR) is 134 cm³/mol. The van der Waals surface area contributed by atoms with E-state index in [4.69, 9.17) is 13.9 Å². The summed E-state index contributed by atoms with van der Waals surface area (Å²) in [5.74, 6) is 0.534. The molecule has 4 rings (SSSR count). The van der Waals surface area contributed by atoms with Gasteiger partial charge in [0, 0.05) is 41.3 Å². The Balaban J connectivity index is 1.80. The number of nitrogens with one attached hydrogen (secondary N) is 1. The smallest absolute Gasteiger partial charge is 0.244 e. The predicted octanol–water partition coefficient (Wildman–Crippen LogP) is 6.12. The third-order valence-electron chi connectivity index (χ3n) is 5.89. The van der Waals surface area contributed by atoms with Crippen LogP contribution in [0.5, 0.6) is 5.75 Å². The van der Waals surface area contributed by atoms with E-state index in [1.165, 1.54) is 10.8 Å². The van der Waals surface area contributed by atoms with E-state index in [-0.39, 0.29) is 11.9 Å². The maximum absolute atomic E-state index is 12.5. The van der Waals surface area contributed by atoms with Gasteiger partial charge >= 0.3 is 0 Å². The molecular formula is C28H29NO4. The van der Waals surface area contributed by atoms with Crippen molar-refractivity contribution >= 4 is 33.2 Å². The molecule has 1 unspecified atom stereocenters. The van der Waals surface area contributed by atoms with E-state index in [1.54, 1.807) is 26.6 Å². The molecule has 0 aliphatic rings. The lowest BCUT2D eigenvalue weighted by Crippen LogP contribution is -2.34. The van der Waals surface area contributed by atoms with Crippen LogP contribution in [0.2, 0.25) is 0 Å². The van der Waals surface area contributed by atoms with E-state index < -0.39 is 0 Å². The van der Waals surface area contributed by atoms with Crippen molar-refractivity contribution in [3.63, 3.8) is 0 Å². The minimum atomic E-state index is -0.168. The minimum absolute atomic E-state index is 0.0777. The summed E-state index contributed by atoms with van der Waals surface area (Å²) in [6.45, 7) is 6.26. The van der Waals surface area contributed by atoms with Crippen LogP contribution < -0.4 is 10.1 Å². The molecule has 0 aliphatic carbocycles. The van der Waals surface area contributed by atoms with Crippen molar-refractivity contribution in [1.29, 1.82) is 0 Å². The molecule has 0 aliphatic heterocycles. The molecule has 1 aromatic heterocycles. The van der Waals surface area contributed by atoms with E-state index in [1.807, 2.05) is 39.0 Å². The van der Waals surface area contributed by atoms with Crippen LogP contribution in [0.25, 0.3) is 38.4 Å². The quantitative estimate of drug-likeness (QED) is 0.349. The van der Waals surface area contributed by atoms with Crippen molar-refractivity contribution in [1.82, 2.24) is 5.32 Å². The Labute approximate surface area is 194 Å². The molecule has 0 fully saturated rings. The highest BCUT2D eigenvalue weighted by molar-refractivity contribution is 6.02. The molecular weight excluding hydrogens is 414 g/mol. The van der Waals surface area contributed by atoms with E-state index in [2.05, 4.69) is 35.6 Å². The van der Waals surface area contributed by atoms with Crippen molar-refractivity contribution in [3.8, 4) is 16.9 Å². The van der Waals surface area contributed by atoms with E-state index in [9.17, 15) is 4.79 Å². The molecule has 1 atom stereocenters. The van der Waals surface area contributed by atoms with Gasteiger partial charge in [0.05, 0.1) is 20.0 Å². The normalized spacial score (nSPS) is 12.8. The molecule has 1 N–H and O–H groups in total. The summed E-state index contributed by atoms with van der Waals surface area (Å²) in [5.41, 5.74) is 5.44. The average molecular weight is 444 g/mol. The Morgan fingerprint density at radius 1 is 1.12 bits per heavy atom. The molecule has 4 aromatic rings. The number of aryl methyl sites for hydroxylation is 1. The SMILES string of the molecule is COCC(C)NC(=O)/C=C(\C)c1cc2c(-c3ccc4ccccc4c3)coc2c(C)c1OC. The van der Waals surface area contributed by atoms with Gasteiger partial charge in [-0.05, 0) is 54.8 Å². The second kappa shape index (κ2) is 9.51. The number of ether oxygens (including phenoxy) is 2. The lowest BCUT2D eigenvalue weighted by atomic mass is 9.95. The van der Waals surface area contributed by atoms with Crippen LogP contribution in [0.1, 0.15) is 25.0 Å². The van der Waals surface area contributed by atoms with Crippen LogP contribution in [0.15, 0.2) is 65.3 Å². The molecule has 5 heteroatoms. The molecule has 0 bridgehead atoms. The summed E-state index contributed by atoms with van der Waals surface area (Å²) in [6, 6.07) is 16.7. The zero-order valence-electron chi connectivity index (χ0n) is 19.7. The van der Waals surface area contributed by atoms with Crippen LogP contribution in [0.3, 0.4) is 0 Å². The minimum Gasteiger partial charge on any atom is -0.496 e. The first kappa shape index (κ1) is 22.6. The van der Waals surface area contributed by atoms with Crippen molar-refractivity contribution < 1.29 is 18.7 Å². The zero-order valence-corrected chi connectivity index (χ0v) is 19.7. The van der Waals surface area contributed by atoms with Gasteiger partial charge in [0.2, 0.25) is 5.91 Å². The highest BCUT2D eigenvalue weighted by Gasteiger charge is 2.19. The molecule has 170 valence electrons. The Bertz CT molecular complexity index is 1350. The highest BCUT2D eigenvalue weighted by atomic mass is 16.5. The molecule has 33 heavy (non-hydrogen) atoms. The summed E-state index contributed by atoms with van der Waals surface area (Å²) in [7, 11) is 3.25. The topological polar surface area (TPSA) is 60.7 Å². The van der Waals surface area contributed by atoms with E-state index in [0.29, 0.717) is 12.4 Å². The molecule has 0 radical (unpaired) electrons. The fourth-order valence-corrected chi connectivity index (χ4v) is 4.30. The van der Waals surface area contributed by atoms with Crippen LogP contribution in [0.4, 0.5) is 0 Å². The Morgan fingerprint density at radius 2 is 1.88 bits per heavy atom. The zero-order chi connectivity index (χ0) is 23.5. The van der Waals surface area contributed by atoms with Gasteiger partial charge in [0.15, 0.2) is 0 Å². The standard InChI is InChI=1S/C28H29NO4/c1-17(12-26(30)29-18(2)15-31-4)23-14-24-25(16-33-28(24)19(3)27(23)32-5)22-11-10-20-8-6-7-9-21(20)13-22/h6-14,16,18H,15H2,1-5H3,(H,29,30)/b17-12+. The number of allylic oxidation sites excluding steroid dienone is 1. The number of methoxy groups -OCH3 is 2. The number of furan rings is 1. The van der Waals surface area contributed by atoms with Crippen molar-refractivity contribution in [3.05, 3.63) is 72.0 Å². The fourth-order valence-electron chi connectivity index (χ4n) is 4.30. The number of amides is 1. The van der Waals surface area contributed by atoms with Gasteiger partial charge in [0.1, 0.15) is 11.3 Å². The maximum atomic E-state index is 12.5. The fraction of sp³-hybridized carbons (Fsp3) is 0.250. The second-order valence-electron chi connectivity index (χ2n) is 8.36. The lowest BCUT2D eigenvalue weighted by Gasteiger charge is -2.14. The van der Waals surface area contributed by atoms with E-state index >= 15 is 0 Å². The lowest BCUT2D eigenvalue weighted by molar-refractivity contribution is -0.117. The Hall–Kier alpha value is -3.57. The monoisotopic (exact) mass is 443 g/mol. The summed E-state index contributed by atoms with van der Waals surface area (Å²) < 4.78 is 16.8.